The molecule has 2 aliphatic rings. The van der Waals surface area contributed by atoms with Gasteiger partial charge in [-0.2, -0.15) is 4.98 Å². The van der Waals surface area contributed by atoms with Crippen molar-refractivity contribution < 1.29 is 22.9 Å². The van der Waals surface area contributed by atoms with Crippen LogP contribution in [0.5, 0.6) is 0 Å². The SMILES string of the molecule is FC1(c2ccc(Cl)cc2)CC(c2noc(CCl)n2)C1.N/C(=N\OC(=O)CCl)C1CC(F)(c2ccc(Cl)cc2)C1. The molecule has 2 aliphatic carbocycles. The third kappa shape index (κ3) is 7.01. The summed E-state index contributed by atoms with van der Waals surface area (Å²) in [5.41, 5.74) is 4.09. The van der Waals surface area contributed by atoms with E-state index in [2.05, 4.69) is 20.1 Å². The number of benzene rings is 2. The smallest absolute Gasteiger partial charge is 0.349 e. The summed E-state index contributed by atoms with van der Waals surface area (Å²) in [6.07, 6.45) is 1.11. The van der Waals surface area contributed by atoms with Crippen LogP contribution in [-0.4, -0.2) is 27.8 Å². The van der Waals surface area contributed by atoms with Crippen LogP contribution in [0.2, 0.25) is 10.0 Å². The Hall–Kier alpha value is -2.46. The normalized spacial score (nSPS) is 26.1. The Morgan fingerprint density at radius 1 is 0.974 bits per heavy atom. The number of alkyl halides is 4. The lowest BCUT2D eigenvalue weighted by Gasteiger charge is -2.41. The predicted molar refractivity (Wildman–Crippen MR) is 145 cm³/mol. The summed E-state index contributed by atoms with van der Waals surface area (Å²) in [5, 5.41) is 8.45. The molecule has 3 aromatic rings. The maximum absolute atomic E-state index is 14.6. The first-order chi connectivity index (χ1) is 18.5. The summed E-state index contributed by atoms with van der Waals surface area (Å²) in [5.74, 6) is -0.0711. The third-order valence-corrected chi connectivity index (χ3v) is 7.70. The van der Waals surface area contributed by atoms with Crippen molar-refractivity contribution in [1.29, 1.82) is 0 Å². The Bertz CT molecular complexity index is 1310. The maximum atomic E-state index is 14.6. The van der Waals surface area contributed by atoms with E-state index in [4.69, 9.17) is 56.7 Å². The highest BCUT2D eigenvalue weighted by Gasteiger charge is 2.49. The summed E-state index contributed by atoms with van der Waals surface area (Å²) in [7, 11) is 0. The molecular formula is C26H24Cl4F2N4O3. The zero-order chi connectivity index (χ0) is 28.2. The first-order valence-electron chi connectivity index (χ1n) is 11.9. The van der Waals surface area contributed by atoms with Crippen LogP contribution in [0, 0.1) is 5.92 Å². The van der Waals surface area contributed by atoms with Crippen molar-refractivity contribution in [3.63, 3.8) is 0 Å². The van der Waals surface area contributed by atoms with Gasteiger partial charge < -0.3 is 15.1 Å². The number of hydrogen-bond acceptors (Lipinski definition) is 6. The Labute approximate surface area is 243 Å². The van der Waals surface area contributed by atoms with Crippen LogP contribution in [0.15, 0.2) is 58.2 Å². The molecule has 13 heteroatoms. The summed E-state index contributed by atoms with van der Waals surface area (Å²) in [4.78, 5) is 19.4. The van der Waals surface area contributed by atoms with Gasteiger partial charge in [0.1, 0.15) is 28.9 Å². The number of rotatable bonds is 7. The molecule has 7 nitrogen and oxygen atoms in total. The van der Waals surface area contributed by atoms with Gasteiger partial charge in [0, 0.05) is 21.9 Å². The van der Waals surface area contributed by atoms with Crippen LogP contribution >= 0.6 is 46.4 Å². The monoisotopic (exact) mass is 618 g/mol. The number of halogens is 6. The third-order valence-electron chi connectivity index (χ3n) is 6.75. The van der Waals surface area contributed by atoms with Crippen molar-refractivity contribution in [2.75, 3.05) is 5.88 Å². The van der Waals surface area contributed by atoms with Gasteiger partial charge in [-0.05, 0) is 61.1 Å². The van der Waals surface area contributed by atoms with Crippen LogP contribution in [0.1, 0.15) is 54.4 Å². The zero-order valence-corrected chi connectivity index (χ0v) is 23.5. The average molecular weight is 620 g/mol. The highest BCUT2D eigenvalue weighted by Crippen LogP contribution is 2.53. The summed E-state index contributed by atoms with van der Waals surface area (Å²) in [6, 6.07) is 13.4. The molecule has 0 spiro atoms. The molecule has 39 heavy (non-hydrogen) atoms. The van der Waals surface area contributed by atoms with Gasteiger partial charge in [0.25, 0.3) is 0 Å². The van der Waals surface area contributed by atoms with E-state index in [1.807, 2.05) is 0 Å². The number of carbonyl (C=O) groups excluding carboxylic acids is 1. The minimum atomic E-state index is -1.44. The van der Waals surface area contributed by atoms with E-state index in [1.54, 1.807) is 48.5 Å². The molecule has 208 valence electrons. The molecular weight excluding hydrogens is 596 g/mol. The Balaban J connectivity index is 0.000000181. The predicted octanol–water partition coefficient (Wildman–Crippen LogP) is 7.17. The van der Waals surface area contributed by atoms with Crippen LogP contribution in [0.4, 0.5) is 8.78 Å². The average Bonchev–Trinajstić information content (AvgIpc) is 3.38. The maximum Gasteiger partial charge on any atom is 0.349 e. The van der Waals surface area contributed by atoms with E-state index in [-0.39, 0.29) is 42.3 Å². The minimum absolute atomic E-state index is 0.0126. The minimum Gasteiger partial charge on any atom is -0.384 e. The highest BCUT2D eigenvalue weighted by molar-refractivity contribution is 6.30. The van der Waals surface area contributed by atoms with E-state index in [1.165, 1.54) is 0 Å². The molecule has 2 aromatic carbocycles. The lowest BCUT2D eigenvalue weighted by Crippen LogP contribution is -2.44. The standard InChI is InChI=1S/C13H13Cl2FN2O2.C13H11Cl2FN2O/c14-7-11(19)20-18-12(17)8-5-13(16,6-8)9-1-3-10(15)4-2-9;14-7-11-17-12(18-19-11)8-5-13(16,6-8)9-1-3-10(15)4-2-9/h1-4,8H,5-7H2,(H2,17,18);1-4,8H,5-7H2. The van der Waals surface area contributed by atoms with Gasteiger partial charge in [-0.25, -0.2) is 13.6 Å². The fraction of sp³-hybridized carbons (Fsp3) is 0.385. The Morgan fingerprint density at radius 2 is 1.49 bits per heavy atom. The Kier molecular flexibility index (Phi) is 9.37. The molecule has 0 saturated heterocycles. The van der Waals surface area contributed by atoms with Gasteiger partial charge >= 0.3 is 5.97 Å². The summed E-state index contributed by atoms with van der Waals surface area (Å²) in [6.45, 7) is 0. The molecule has 2 fully saturated rings. The van der Waals surface area contributed by atoms with Gasteiger partial charge in [0.05, 0.1) is 0 Å². The van der Waals surface area contributed by atoms with Gasteiger partial charge in [-0.1, -0.05) is 57.8 Å². The highest BCUT2D eigenvalue weighted by atomic mass is 35.5. The van der Waals surface area contributed by atoms with E-state index in [0.717, 1.165) is 0 Å². The largest absolute Gasteiger partial charge is 0.384 e. The first-order valence-corrected chi connectivity index (χ1v) is 13.8. The second kappa shape index (κ2) is 12.4. The number of aromatic nitrogens is 2. The van der Waals surface area contributed by atoms with Crippen molar-refractivity contribution in [2.45, 2.75) is 48.8 Å². The molecule has 0 amide bonds. The molecule has 1 heterocycles. The second-order valence-corrected chi connectivity index (χ2v) is 10.9. The van der Waals surface area contributed by atoms with Crippen LogP contribution in [-0.2, 0) is 26.8 Å². The van der Waals surface area contributed by atoms with E-state index < -0.39 is 17.3 Å². The number of nitrogens with two attached hydrogens (primary N) is 1. The van der Waals surface area contributed by atoms with Crippen LogP contribution < -0.4 is 5.73 Å². The van der Waals surface area contributed by atoms with Crippen molar-refractivity contribution in [3.05, 3.63) is 81.4 Å². The molecule has 0 bridgehead atoms. The van der Waals surface area contributed by atoms with Crippen molar-refractivity contribution in [1.82, 2.24) is 10.1 Å². The fourth-order valence-corrected chi connectivity index (χ4v) is 4.90. The van der Waals surface area contributed by atoms with Crippen molar-refractivity contribution in [2.24, 2.45) is 16.8 Å². The van der Waals surface area contributed by atoms with Gasteiger partial charge in [0.15, 0.2) is 5.82 Å². The number of carbonyl (C=O) groups is 1. The summed E-state index contributed by atoms with van der Waals surface area (Å²) < 4.78 is 34.1. The first kappa shape index (κ1) is 29.5. The lowest BCUT2D eigenvalue weighted by atomic mass is 9.68. The molecule has 0 unspecified atom stereocenters. The number of oxime groups is 1. The van der Waals surface area contributed by atoms with Gasteiger partial charge in [-0.3, -0.25) is 0 Å². The molecule has 2 N–H and O–H groups in total. The van der Waals surface area contributed by atoms with Crippen molar-refractivity contribution in [3.8, 4) is 0 Å². The van der Waals surface area contributed by atoms with E-state index in [9.17, 15) is 13.6 Å². The Morgan fingerprint density at radius 3 is 1.95 bits per heavy atom. The molecule has 1 aromatic heterocycles. The second-order valence-electron chi connectivity index (χ2n) is 9.45. The quantitative estimate of drug-likeness (QED) is 0.0988. The van der Waals surface area contributed by atoms with Gasteiger partial charge in [-0.15, -0.1) is 23.2 Å². The molecule has 2 saturated carbocycles. The fourth-order valence-electron chi connectivity index (χ4n) is 4.49. The number of hydrogen-bond donors (Lipinski definition) is 1. The molecule has 5 rings (SSSR count). The number of nitrogens with zero attached hydrogens (tertiary/aromatic N) is 3. The molecule has 0 aliphatic heterocycles. The molecule has 0 radical (unpaired) electrons. The van der Waals surface area contributed by atoms with Crippen molar-refractivity contribution >= 4 is 58.2 Å². The zero-order valence-electron chi connectivity index (χ0n) is 20.4. The van der Waals surface area contributed by atoms with Gasteiger partial charge in [0.2, 0.25) is 5.89 Å². The number of amidine groups is 1. The van der Waals surface area contributed by atoms with Crippen LogP contribution in [0.3, 0.4) is 0 Å². The molecule has 0 atom stereocenters. The van der Waals surface area contributed by atoms with E-state index >= 15 is 0 Å². The van der Waals surface area contributed by atoms with E-state index in [0.29, 0.717) is 45.7 Å². The lowest BCUT2D eigenvalue weighted by molar-refractivity contribution is -0.140. The summed E-state index contributed by atoms with van der Waals surface area (Å²) >= 11 is 22.4. The topological polar surface area (TPSA) is 104 Å². The van der Waals surface area contributed by atoms with Crippen LogP contribution in [0.25, 0.3) is 0 Å².